The molecule has 0 atom stereocenters. The molecule has 1 aliphatic carbocycles. The van der Waals surface area contributed by atoms with Crippen LogP contribution in [0.5, 0.6) is 0 Å². The molecule has 0 aliphatic heterocycles. The maximum atomic E-state index is 1.50. The SMILES string of the molecule is C1CCC1.[LiH]. The Balaban J connectivity index is 0.000000160. The minimum atomic E-state index is 0. The van der Waals surface area contributed by atoms with Gasteiger partial charge in [0.25, 0.3) is 0 Å². The average Bonchev–Trinajstić information content (AvgIpc) is 0.722. The molecule has 1 heteroatoms. The molecule has 1 rings (SSSR count). The summed E-state index contributed by atoms with van der Waals surface area (Å²) in [6, 6.07) is 0. The fraction of sp³-hybridized carbons (Fsp3) is 1.00. The van der Waals surface area contributed by atoms with Crippen molar-refractivity contribution in [3.63, 3.8) is 0 Å². The van der Waals surface area contributed by atoms with Crippen molar-refractivity contribution >= 4 is 18.9 Å². The molecule has 0 N–H and O–H groups in total. The molecule has 1 saturated carbocycles. The van der Waals surface area contributed by atoms with Crippen LogP contribution in [-0.2, 0) is 0 Å². The zero-order chi connectivity index (χ0) is 2.83. The Morgan fingerprint density at radius 3 is 0.800 bits per heavy atom. The van der Waals surface area contributed by atoms with Crippen LogP contribution in [-0.4, -0.2) is 18.9 Å². The second-order valence-electron chi connectivity index (χ2n) is 1.41. The predicted molar refractivity (Wildman–Crippen MR) is 25.6 cm³/mol. The molecular weight excluding hydrogens is 55.0 g/mol. The van der Waals surface area contributed by atoms with Gasteiger partial charge in [0, 0.05) is 0 Å². The molecule has 0 spiro atoms. The topological polar surface area (TPSA) is 0 Å². The Hall–Kier alpha value is 0.597. The maximum absolute atomic E-state index is 1.50. The second kappa shape index (κ2) is 2.81. The summed E-state index contributed by atoms with van der Waals surface area (Å²) in [6.45, 7) is 0. The Kier molecular flexibility index (Phi) is 3.15. The van der Waals surface area contributed by atoms with Gasteiger partial charge >= 0.3 is 18.9 Å². The first-order valence-electron chi connectivity index (χ1n) is 2.00. The summed E-state index contributed by atoms with van der Waals surface area (Å²) >= 11 is 0. The summed E-state index contributed by atoms with van der Waals surface area (Å²) in [5.74, 6) is 0. The molecule has 0 bridgehead atoms. The van der Waals surface area contributed by atoms with Crippen molar-refractivity contribution in [1.29, 1.82) is 0 Å². The Bertz CT molecular complexity index is 11.6. The third-order valence-electron chi connectivity index (χ3n) is 1.000. The van der Waals surface area contributed by atoms with E-state index < -0.39 is 0 Å². The quantitative estimate of drug-likeness (QED) is 0.367. The Labute approximate surface area is 45.1 Å². The third-order valence-corrected chi connectivity index (χ3v) is 1.000. The van der Waals surface area contributed by atoms with Gasteiger partial charge in [0.05, 0.1) is 0 Å². The molecule has 0 radical (unpaired) electrons. The van der Waals surface area contributed by atoms with E-state index in [2.05, 4.69) is 0 Å². The zero-order valence-electron chi connectivity index (χ0n) is 2.83. The van der Waals surface area contributed by atoms with Crippen molar-refractivity contribution in [2.24, 2.45) is 0 Å². The molecule has 0 saturated heterocycles. The summed E-state index contributed by atoms with van der Waals surface area (Å²) in [5.41, 5.74) is 0. The van der Waals surface area contributed by atoms with Gasteiger partial charge in [-0.2, -0.15) is 0 Å². The van der Waals surface area contributed by atoms with E-state index in [1.165, 1.54) is 25.7 Å². The average molecular weight is 64.1 g/mol. The monoisotopic (exact) mass is 64.1 g/mol. The number of hydrogen-bond acceptors (Lipinski definition) is 0. The van der Waals surface area contributed by atoms with Gasteiger partial charge in [0.15, 0.2) is 0 Å². The van der Waals surface area contributed by atoms with Gasteiger partial charge in [-0.05, 0) is 0 Å². The van der Waals surface area contributed by atoms with Gasteiger partial charge in [-0.1, -0.05) is 25.7 Å². The van der Waals surface area contributed by atoms with Crippen molar-refractivity contribution in [3.05, 3.63) is 0 Å². The van der Waals surface area contributed by atoms with E-state index in [-0.39, 0.29) is 18.9 Å². The van der Waals surface area contributed by atoms with Crippen LogP contribution in [0.3, 0.4) is 0 Å². The number of hydrogen-bond donors (Lipinski definition) is 0. The normalized spacial score (nSPS) is 19.2. The van der Waals surface area contributed by atoms with Crippen molar-refractivity contribution in [3.8, 4) is 0 Å². The summed E-state index contributed by atoms with van der Waals surface area (Å²) in [7, 11) is 0. The molecule has 0 unspecified atom stereocenters. The standard InChI is InChI=1S/C4H8.Li.H/c1-2-4-3-1;;/h1-4H2;;. The molecule has 0 aromatic heterocycles. The first kappa shape index (κ1) is 5.60. The van der Waals surface area contributed by atoms with Crippen LogP contribution in [0.1, 0.15) is 25.7 Å². The molecule has 0 aromatic rings. The summed E-state index contributed by atoms with van der Waals surface area (Å²) in [6.07, 6.45) is 6.00. The number of rotatable bonds is 0. The molecule has 26 valence electrons. The molecule has 0 amide bonds. The van der Waals surface area contributed by atoms with E-state index in [1.54, 1.807) is 0 Å². The van der Waals surface area contributed by atoms with Crippen LogP contribution < -0.4 is 0 Å². The predicted octanol–water partition coefficient (Wildman–Crippen LogP) is 0.912. The Morgan fingerprint density at radius 2 is 0.800 bits per heavy atom. The molecule has 1 fully saturated rings. The van der Waals surface area contributed by atoms with E-state index in [4.69, 9.17) is 0 Å². The van der Waals surface area contributed by atoms with Gasteiger partial charge in [-0.15, -0.1) is 0 Å². The van der Waals surface area contributed by atoms with Gasteiger partial charge in [-0.3, -0.25) is 0 Å². The Morgan fingerprint density at radius 1 is 0.600 bits per heavy atom. The first-order valence-corrected chi connectivity index (χ1v) is 2.00. The van der Waals surface area contributed by atoms with E-state index in [0.717, 1.165) is 0 Å². The molecule has 1 aliphatic rings. The van der Waals surface area contributed by atoms with Crippen molar-refractivity contribution < 1.29 is 0 Å². The van der Waals surface area contributed by atoms with Crippen molar-refractivity contribution in [2.75, 3.05) is 0 Å². The fourth-order valence-corrected chi connectivity index (χ4v) is 0.250. The second-order valence-corrected chi connectivity index (χ2v) is 1.41. The molecule has 0 nitrogen and oxygen atoms in total. The van der Waals surface area contributed by atoms with Crippen LogP contribution in [0.25, 0.3) is 0 Å². The van der Waals surface area contributed by atoms with Crippen LogP contribution in [0, 0.1) is 0 Å². The van der Waals surface area contributed by atoms with Crippen molar-refractivity contribution in [1.82, 2.24) is 0 Å². The van der Waals surface area contributed by atoms with Crippen LogP contribution in [0.4, 0.5) is 0 Å². The molecular formula is C4H9Li. The van der Waals surface area contributed by atoms with Crippen molar-refractivity contribution in [2.45, 2.75) is 25.7 Å². The molecule has 0 aromatic carbocycles. The van der Waals surface area contributed by atoms with E-state index in [9.17, 15) is 0 Å². The van der Waals surface area contributed by atoms with E-state index >= 15 is 0 Å². The van der Waals surface area contributed by atoms with Gasteiger partial charge in [-0.25, -0.2) is 0 Å². The fourth-order valence-electron chi connectivity index (χ4n) is 0.250. The molecule has 0 heterocycles. The van der Waals surface area contributed by atoms with Gasteiger partial charge in [0.1, 0.15) is 0 Å². The summed E-state index contributed by atoms with van der Waals surface area (Å²) in [5, 5.41) is 0. The van der Waals surface area contributed by atoms with E-state index in [0.29, 0.717) is 0 Å². The summed E-state index contributed by atoms with van der Waals surface area (Å²) < 4.78 is 0. The first-order chi connectivity index (χ1) is 2.00. The zero-order valence-corrected chi connectivity index (χ0v) is 2.83. The third kappa shape index (κ3) is 1.47. The van der Waals surface area contributed by atoms with Gasteiger partial charge < -0.3 is 0 Å². The van der Waals surface area contributed by atoms with Crippen LogP contribution in [0.2, 0.25) is 0 Å². The van der Waals surface area contributed by atoms with Gasteiger partial charge in [0.2, 0.25) is 0 Å². The summed E-state index contributed by atoms with van der Waals surface area (Å²) in [4.78, 5) is 0. The van der Waals surface area contributed by atoms with E-state index in [1.807, 2.05) is 0 Å². The molecule has 5 heavy (non-hydrogen) atoms. The van der Waals surface area contributed by atoms with Crippen LogP contribution >= 0.6 is 0 Å². The van der Waals surface area contributed by atoms with Crippen LogP contribution in [0.15, 0.2) is 0 Å². The minimum absolute atomic E-state index is 0.